The average Bonchev–Trinajstić information content (AvgIpc) is 2.97. The Morgan fingerprint density at radius 2 is 0.919 bits per heavy atom. The maximum absolute atomic E-state index is 5.79. The van der Waals surface area contributed by atoms with E-state index in [9.17, 15) is 0 Å². The molecule has 6 aromatic rings. The van der Waals surface area contributed by atoms with Crippen molar-refractivity contribution in [2.45, 2.75) is 0 Å². The van der Waals surface area contributed by atoms with Gasteiger partial charge < -0.3 is 16.0 Å². The number of rotatable bonds is 5. The van der Waals surface area contributed by atoms with Gasteiger partial charge in [-0.2, -0.15) is 0 Å². The largest absolute Gasteiger partial charge is 0.399 e. The minimum atomic E-state index is 0.773. The predicted octanol–water partition coefficient (Wildman–Crippen LogP) is 9.32. The predicted molar refractivity (Wildman–Crippen MR) is 159 cm³/mol. The second kappa shape index (κ2) is 11.6. The average molecular weight is 480 g/mol. The zero-order valence-electron chi connectivity index (χ0n) is 20.5. The van der Waals surface area contributed by atoms with Crippen LogP contribution in [0.25, 0.3) is 10.8 Å². The van der Waals surface area contributed by atoms with Crippen LogP contribution in [-0.2, 0) is 0 Å². The highest BCUT2D eigenvalue weighted by molar-refractivity contribution is 5.95. The summed E-state index contributed by atoms with van der Waals surface area (Å²) in [6.45, 7) is 0. The molecule has 0 saturated heterocycles. The van der Waals surface area contributed by atoms with Crippen molar-refractivity contribution in [1.82, 2.24) is 0 Å². The molecule has 0 bridgehead atoms. The molecule has 0 aliphatic heterocycles. The molecule has 3 nitrogen and oxygen atoms in total. The topological polar surface area (TPSA) is 41.3 Å². The summed E-state index contributed by atoms with van der Waals surface area (Å²) in [5.41, 5.74) is 12.2. The molecule has 3 heteroatoms. The summed E-state index contributed by atoms with van der Waals surface area (Å²) < 4.78 is 0. The first-order valence-electron chi connectivity index (χ1n) is 12.3. The summed E-state index contributed by atoms with van der Waals surface area (Å²) in [6, 6.07) is 53.5. The molecule has 6 rings (SSSR count). The Labute approximate surface area is 218 Å². The van der Waals surface area contributed by atoms with E-state index in [4.69, 9.17) is 5.73 Å². The van der Waals surface area contributed by atoms with Crippen LogP contribution in [0.4, 0.5) is 34.1 Å². The van der Waals surface area contributed by atoms with Crippen molar-refractivity contribution < 1.29 is 0 Å². The maximum Gasteiger partial charge on any atom is 0.0463 e. The molecule has 0 fully saturated rings. The molecule has 0 unspecified atom stereocenters. The number of para-hydroxylation sites is 3. The van der Waals surface area contributed by atoms with Crippen molar-refractivity contribution in [2.24, 2.45) is 0 Å². The van der Waals surface area contributed by atoms with E-state index in [1.807, 2.05) is 78.9 Å². The van der Waals surface area contributed by atoms with Gasteiger partial charge in [0.25, 0.3) is 0 Å². The Morgan fingerprint density at radius 1 is 0.432 bits per heavy atom. The molecule has 3 N–H and O–H groups in total. The van der Waals surface area contributed by atoms with Gasteiger partial charge in [-0.25, -0.2) is 0 Å². The Kier molecular flexibility index (Phi) is 7.44. The number of benzene rings is 6. The fraction of sp³-hybridized carbons (Fsp3) is 0. The van der Waals surface area contributed by atoms with Crippen LogP contribution in [0.5, 0.6) is 0 Å². The van der Waals surface area contributed by atoms with Gasteiger partial charge in [0.1, 0.15) is 0 Å². The molecule has 6 aromatic carbocycles. The summed E-state index contributed by atoms with van der Waals surface area (Å²) >= 11 is 0. The van der Waals surface area contributed by atoms with Crippen LogP contribution >= 0.6 is 0 Å². The molecule has 0 spiro atoms. The summed E-state index contributed by atoms with van der Waals surface area (Å²) in [7, 11) is 0. The number of nitrogens with one attached hydrogen (secondary N) is 1. The summed E-state index contributed by atoms with van der Waals surface area (Å²) in [4.78, 5) is 2.21. The van der Waals surface area contributed by atoms with Crippen LogP contribution in [0, 0.1) is 0 Å². The first-order chi connectivity index (χ1) is 18.3. The number of fused-ring (bicyclic) bond motifs is 1. The second-order valence-corrected chi connectivity index (χ2v) is 8.62. The first-order valence-corrected chi connectivity index (χ1v) is 12.3. The lowest BCUT2D eigenvalue weighted by molar-refractivity contribution is 1.28. The Morgan fingerprint density at radius 3 is 1.54 bits per heavy atom. The summed E-state index contributed by atoms with van der Waals surface area (Å²) in [5, 5.41) is 5.95. The Hall–Kier alpha value is -5.02. The number of hydrogen-bond donors (Lipinski definition) is 2. The highest BCUT2D eigenvalue weighted by Gasteiger charge is 2.10. The lowest BCUT2D eigenvalue weighted by Crippen LogP contribution is -2.09. The van der Waals surface area contributed by atoms with Gasteiger partial charge in [0.2, 0.25) is 0 Å². The van der Waals surface area contributed by atoms with Crippen molar-refractivity contribution in [3.63, 3.8) is 0 Å². The van der Waals surface area contributed by atoms with Crippen molar-refractivity contribution in [3.8, 4) is 0 Å². The molecular formula is C34H29N3. The van der Waals surface area contributed by atoms with Crippen LogP contribution in [0.15, 0.2) is 158 Å². The van der Waals surface area contributed by atoms with E-state index in [0.717, 1.165) is 34.1 Å². The molecule has 0 amide bonds. The minimum Gasteiger partial charge on any atom is -0.399 e. The maximum atomic E-state index is 5.79. The standard InChI is InChI=1S/C18H16N2.C16H13N/c19-15-11-13-18(14-12-15)20(16-7-3-1-4-8-16)17-9-5-2-6-10-17;1-2-9-14(10-3-1)17-16-12-6-8-13-7-4-5-11-15(13)16/h1-14H,19H2;1-12,17H. The lowest BCUT2D eigenvalue weighted by Gasteiger charge is -2.25. The number of nitrogens with two attached hydrogens (primary N) is 1. The number of nitrogens with zero attached hydrogens (tertiary/aromatic N) is 1. The summed E-state index contributed by atoms with van der Waals surface area (Å²) in [5.74, 6) is 0. The smallest absolute Gasteiger partial charge is 0.0463 e. The normalized spacial score (nSPS) is 10.3. The Balaban J connectivity index is 0.000000153. The molecule has 0 atom stereocenters. The molecule has 0 aliphatic rings. The fourth-order valence-corrected chi connectivity index (χ4v) is 4.24. The van der Waals surface area contributed by atoms with Gasteiger partial charge in [-0.15, -0.1) is 0 Å². The molecular weight excluding hydrogens is 450 g/mol. The van der Waals surface area contributed by atoms with E-state index >= 15 is 0 Å². The van der Waals surface area contributed by atoms with Gasteiger partial charge >= 0.3 is 0 Å². The van der Waals surface area contributed by atoms with E-state index in [1.54, 1.807) is 0 Å². The Bertz CT molecular complexity index is 1490. The molecule has 37 heavy (non-hydrogen) atoms. The third-order valence-electron chi connectivity index (χ3n) is 6.02. The highest BCUT2D eigenvalue weighted by atomic mass is 15.1. The second-order valence-electron chi connectivity index (χ2n) is 8.62. The number of anilines is 6. The lowest BCUT2D eigenvalue weighted by atomic mass is 10.1. The summed E-state index contributed by atoms with van der Waals surface area (Å²) in [6.07, 6.45) is 0. The molecule has 0 heterocycles. The van der Waals surface area contributed by atoms with Crippen LogP contribution in [-0.4, -0.2) is 0 Å². The van der Waals surface area contributed by atoms with Crippen LogP contribution in [0.1, 0.15) is 0 Å². The number of nitrogen functional groups attached to an aromatic ring is 1. The van der Waals surface area contributed by atoms with Crippen LogP contribution in [0.3, 0.4) is 0 Å². The van der Waals surface area contributed by atoms with Gasteiger partial charge in [0, 0.05) is 39.5 Å². The van der Waals surface area contributed by atoms with Gasteiger partial charge in [-0.3, -0.25) is 0 Å². The fourth-order valence-electron chi connectivity index (χ4n) is 4.24. The van der Waals surface area contributed by atoms with Crippen molar-refractivity contribution >= 4 is 44.9 Å². The first kappa shape index (κ1) is 23.7. The van der Waals surface area contributed by atoms with Crippen molar-refractivity contribution in [3.05, 3.63) is 158 Å². The van der Waals surface area contributed by atoms with Crippen molar-refractivity contribution in [1.29, 1.82) is 0 Å². The minimum absolute atomic E-state index is 0.773. The van der Waals surface area contributed by atoms with Gasteiger partial charge in [0.15, 0.2) is 0 Å². The van der Waals surface area contributed by atoms with Gasteiger partial charge in [-0.05, 0) is 72.1 Å². The zero-order chi connectivity index (χ0) is 25.3. The molecule has 0 aromatic heterocycles. The highest BCUT2D eigenvalue weighted by Crippen LogP contribution is 2.34. The molecule has 180 valence electrons. The molecule has 0 aliphatic carbocycles. The monoisotopic (exact) mass is 479 g/mol. The van der Waals surface area contributed by atoms with E-state index < -0.39 is 0 Å². The van der Waals surface area contributed by atoms with Gasteiger partial charge in [-0.1, -0.05) is 91.0 Å². The van der Waals surface area contributed by atoms with E-state index in [2.05, 4.69) is 89.1 Å². The van der Waals surface area contributed by atoms with Crippen LogP contribution < -0.4 is 16.0 Å². The molecule has 0 saturated carbocycles. The quantitative estimate of drug-likeness (QED) is 0.242. The van der Waals surface area contributed by atoms with E-state index in [1.165, 1.54) is 10.8 Å². The van der Waals surface area contributed by atoms with E-state index in [0.29, 0.717) is 0 Å². The third-order valence-corrected chi connectivity index (χ3v) is 6.02. The van der Waals surface area contributed by atoms with Crippen molar-refractivity contribution in [2.75, 3.05) is 16.0 Å². The third kappa shape index (κ3) is 5.98. The van der Waals surface area contributed by atoms with E-state index in [-0.39, 0.29) is 0 Å². The SMILES string of the molecule is Nc1ccc(N(c2ccccc2)c2ccccc2)cc1.c1ccc(Nc2cccc3ccccc23)cc1. The van der Waals surface area contributed by atoms with Gasteiger partial charge in [0.05, 0.1) is 0 Å². The zero-order valence-corrected chi connectivity index (χ0v) is 20.5. The number of hydrogen-bond acceptors (Lipinski definition) is 3. The van der Waals surface area contributed by atoms with Crippen LogP contribution in [0.2, 0.25) is 0 Å². The molecule has 0 radical (unpaired) electrons.